The molecular weight excluding hydrogens is 350 g/mol. The zero-order valence-electron chi connectivity index (χ0n) is 11.6. The molecule has 112 valence electrons. The molecule has 0 aliphatic carbocycles. The molecule has 2 rings (SSSR count). The van der Waals surface area contributed by atoms with E-state index in [9.17, 15) is 4.79 Å². The monoisotopic (exact) mass is 367 g/mol. The number of carboxylic acids is 1. The van der Waals surface area contributed by atoms with E-state index >= 15 is 0 Å². The van der Waals surface area contributed by atoms with Crippen LogP contribution >= 0.6 is 27.3 Å². The molecule has 1 aromatic heterocycles. The summed E-state index contributed by atoms with van der Waals surface area (Å²) < 4.78 is 1.12. The van der Waals surface area contributed by atoms with Crippen LogP contribution in [0.1, 0.15) is 23.3 Å². The van der Waals surface area contributed by atoms with E-state index in [4.69, 9.17) is 5.11 Å². The van der Waals surface area contributed by atoms with E-state index in [1.54, 1.807) is 11.3 Å². The number of carboxylic acid groups (broad SMARTS) is 1. The summed E-state index contributed by atoms with van der Waals surface area (Å²) in [6.07, 6.45) is 1.68. The van der Waals surface area contributed by atoms with E-state index < -0.39 is 5.97 Å². The summed E-state index contributed by atoms with van der Waals surface area (Å²) in [5.41, 5.74) is 1.23. The smallest absolute Gasteiger partial charge is 0.303 e. The van der Waals surface area contributed by atoms with Crippen LogP contribution in [0, 0.1) is 0 Å². The summed E-state index contributed by atoms with van der Waals surface area (Å²) >= 11 is 5.15. The highest BCUT2D eigenvalue weighted by Gasteiger charge is 2.12. The molecule has 0 bridgehead atoms. The Morgan fingerprint density at radius 3 is 2.62 bits per heavy atom. The number of thiophene rings is 1. The molecule has 0 spiro atoms. The van der Waals surface area contributed by atoms with Gasteiger partial charge in [0, 0.05) is 23.9 Å². The number of aliphatic carboxylic acids is 1. The summed E-state index contributed by atoms with van der Waals surface area (Å²) in [6, 6.07) is 14.5. The second-order valence-corrected chi connectivity index (χ2v) is 7.45. The first-order chi connectivity index (χ1) is 10.1. The second-order valence-electron chi connectivity index (χ2n) is 4.91. The quantitative estimate of drug-likeness (QED) is 0.738. The Hall–Kier alpha value is -1.17. The number of hydrogen-bond acceptors (Lipinski definition) is 3. The van der Waals surface area contributed by atoms with E-state index in [1.807, 2.05) is 24.3 Å². The lowest BCUT2D eigenvalue weighted by Gasteiger charge is -2.17. The Labute approximate surface area is 137 Å². The molecule has 1 heterocycles. The highest BCUT2D eigenvalue weighted by molar-refractivity contribution is 9.11. The molecule has 0 saturated carbocycles. The SMILES string of the molecule is O=C(O)CCC(Cc1ccccc1)NCc1ccc(Br)s1. The first kappa shape index (κ1) is 16.2. The van der Waals surface area contributed by atoms with Crippen LogP contribution in [-0.4, -0.2) is 17.1 Å². The fourth-order valence-electron chi connectivity index (χ4n) is 2.16. The zero-order chi connectivity index (χ0) is 15.1. The van der Waals surface area contributed by atoms with Crippen LogP contribution in [0.4, 0.5) is 0 Å². The Bertz CT molecular complexity index is 571. The second kappa shape index (κ2) is 8.32. The Balaban J connectivity index is 1.92. The number of rotatable bonds is 8. The van der Waals surface area contributed by atoms with Gasteiger partial charge in [0.1, 0.15) is 0 Å². The van der Waals surface area contributed by atoms with Crippen molar-refractivity contribution in [3.8, 4) is 0 Å². The van der Waals surface area contributed by atoms with Gasteiger partial charge in [-0.25, -0.2) is 0 Å². The van der Waals surface area contributed by atoms with E-state index in [-0.39, 0.29) is 12.5 Å². The minimum absolute atomic E-state index is 0.171. The number of nitrogens with one attached hydrogen (secondary N) is 1. The van der Waals surface area contributed by atoms with Crippen molar-refractivity contribution in [2.24, 2.45) is 0 Å². The highest BCUT2D eigenvalue weighted by atomic mass is 79.9. The molecule has 0 saturated heterocycles. The van der Waals surface area contributed by atoms with Crippen molar-refractivity contribution in [2.75, 3.05) is 0 Å². The van der Waals surface area contributed by atoms with Gasteiger partial charge < -0.3 is 10.4 Å². The predicted octanol–water partition coefficient (Wildman–Crippen LogP) is 4.08. The van der Waals surface area contributed by atoms with Crippen LogP contribution in [-0.2, 0) is 17.8 Å². The Kier molecular flexibility index (Phi) is 6.42. The maximum Gasteiger partial charge on any atom is 0.303 e. The molecular formula is C16H18BrNO2S. The summed E-state index contributed by atoms with van der Waals surface area (Å²) in [6.45, 7) is 0.771. The van der Waals surface area contributed by atoms with Gasteiger partial charge in [-0.05, 0) is 46.5 Å². The third-order valence-corrected chi connectivity index (χ3v) is 4.85. The topological polar surface area (TPSA) is 49.3 Å². The number of halogens is 1. The van der Waals surface area contributed by atoms with Gasteiger partial charge >= 0.3 is 5.97 Å². The average molecular weight is 368 g/mol. The fraction of sp³-hybridized carbons (Fsp3) is 0.312. The van der Waals surface area contributed by atoms with Crippen LogP contribution in [0.2, 0.25) is 0 Å². The van der Waals surface area contributed by atoms with Crippen LogP contribution in [0.15, 0.2) is 46.3 Å². The summed E-state index contributed by atoms with van der Waals surface area (Å²) in [7, 11) is 0. The molecule has 0 amide bonds. The molecule has 21 heavy (non-hydrogen) atoms. The number of hydrogen-bond donors (Lipinski definition) is 2. The van der Waals surface area contributed by atoms with Crippen molar-refractivity contribution >= 4 is 33.2 Å². The van der Waals surface area contributed by atoms with Crippen LogP contribution in [0.5, 0.6) is 0 Å². The number of carbonyl (C=O) groups is 1. The molecule has 2 aromatic rings. The van der Waals surface area contributed by atoms with E-state index in [2.05, 4.69) is 39.4 Å². The largest absolute Gasteiger partial charge is 0.481 e. The van der Waals surface area contributed by atoms with E-state index in [0.29, 0.717) is 6.42 Å². The normalized spacial score (nSPS) is 12.2. The van der Waals surface area contributed by atoms with Gasteiger partial charge in [-0.2, -0.15) is 0 Å². The fourth-order valence-corrected chi connectivity index (χ4v) is 3.60. The summed E-state index contributed by atoms with van der Waals surface area (Å²) in [4.78, 5) is 12.0. The summed E-state index contributed by atoms with van der Waals surface area (Å²) in [5, 5.41) is 12.4. The maximum absolute atomic E-state index is 10.8. The first-order valence-electron chi connectivity index (χ1n) is 6.87. The third kappa shape index (κ3) is 5.99. The molecule has 5 heteroatoms. The summed E-state index contributed by atoms with van der Waals surface area (Å²) in [5.74, 6) is -0.742. The van der Waals surface area contributed by atoms with Crippen molar-refractivity contribution in [1.29, 1.82) is 0 Å². The molecule has 1 unspecified atom stereocenters. The lowest BCUT2D eigenvalue weighted by Crippen LogP contribution is -2.31. The molecule has 3 nitrogen and oxygen atoms in total. The molecule has 0 radical (unpaired) electrons. The van der Waals surface area contributed by atoms with Crippen molar-refractivity contribution in [1.82, 2.24) is 5.32 Å². The average Bonchev–Trinajstić information content (AvgIpc) is 2.88. The van der Waals surface area contributed by atoms with Crippen molar-refractivity contribution < 1.29 is 9.90 Å². The van der Waals surface area contributed by atoms with E-state index in [0.717, 1.165) is 16.8 Å². The van der Waals surface area contributed by atoms with Crippen molar-refractivity contribution in [3.05, 3.63) is 56.7 Å². The minimum atomic E-state index is -0.742. The van der Waals surface area contributed by atoms with Gasteiger partial charge in [-0.1, -0.05) is 30.3 Å². The predicted molar refractivity (Wildman–Crippen MR) is 89.7 cm³/mol. The van der Waals surface area contributed by atoms with Gasteiger partial charge in [0.25, 0.3) is 0 Å². The molecule has 2 N–H and O–H groups in total. The molecule has 1 aromatic carbocycles. The van der Waals surface area contributed by atoms with Gasteiger partial charge in [-0.15, -0.1) is 11.3 Å². The maximum atomic E-state index is 10.8. The molecule has 1 atom stereocenters. The van der Waals surface area contributed by atoms with Crippen molar-refractivity contribution in [3.63, 3.8) is 0 Å². The zero-order valence-corrected chi connectivity index (χ0v) is 14.0. The van der Waals surface area contributed by atoms with Gasteiger partial charge in [-0.3, -0.25) is 4.79 Å². The van der Waals surface area contributed by atoms with Gasteiger partial charge in [0.2, 0.25) is 0 Å². The van der Waals surface area contributed by atoms with Gasteiger partial charge in [0.05, 0.1) is 3.79 Å². The van der Waals surface area contributed by atoms with Crippen LogP contribution in [0.25, 0.3) is 0 Å². The van der Waals surface area contributed by atoms with Gasteiger partial charge in [0.15, 0.2) is 0 Å². The Morgan fingerprint density at radius 2 is 2.00 bits per heavy atom. The number of benzene rings is 1. The first-order valence-corrected chi connectivity index (χ1v) is 8.48. The minimum Gasteiger partial charge on any atom is -0.481 e. The molecule has 0 aliphatic heterocycles. The third-order valence-electron chi connectivity index (χ3n) is 3.23. The lowest BCUT2D eigenvalue weighted by atomic mass is 10.0. The highest BCUT2D eigenvalue weighted by Crippen LogP contribution is 2.22. The van der Waals surface area contributed by atoms with E-state index in [1.165, 1.54) is 10.4 Å². The Morgan fingerprint density at radius 1 is 1.24 bits per heavy atom. The van der Waals surface area contributed by atoms with Crippen LogP contribution < -0.4 is 5.32 Å². The molecule has 0 aliphatic rings. The van der Waals surface area contributed by atoms with Crippen molar-refractivity contribution in [2.45, 2.75) is 31.8 Å². The molecule has 0 fully saturated rings. The van der Waals surface area contributed by atoms with Crippen LogP contribution in [0.3, 0.4) is 0 Å². The lowest BCUT2D eigenvalue weighted by molar-refractivity contribution is -0.137. The standard InChI is InChI=1S/C16H18BrNO2S/c17-15-8-7-14(21-15)11-18-13(6-9-16(19)20)10-12-4-2-1-3-5-12/h1-5,7-8,13,18H,6,9-11H2,(H,19,20).